The highest BCUT2D eigenvalue weighted by atomic mass is 16.2. The Labute approximate surface area is 193 Å². The van der Waals surface area contributed by atoms with E-state index in [1.807, 2.05) is 68.4 Å². The number of rotatable bonds is 8. The molecule has 0 aliphatic heterocycles. The molecular formula is C26H28N4O3. The number of carbonyl (C=O) groups is 3. The number of hydrogen-bond acceptors (Lipinski definition) is 3. The number of carbonyl (C=O) groups excluding carboxylic acids is 3. The molecule has 0 aliphatic carbocycles. The van der Waals surface area contributed by atoms with E-state index in [0.717, 1.165) is 16.7 Å². The lowest BCUT2D eigenvalue weighted by atomic mass is 10.1. The molecule has 0 fully saturated rings. The van der Waals surface area contributed by atoms with E-state index in [2.05, 4.69) is 21.3 Å². The van der Waals surface area contributed by atoms with Crippen molar-refractivity contribution >= 4 is 29.2 Å². The number of benzene rings is 3. The fourth-order valence-electron chi connectivity index (χ4n) is 3.28. The van der Waals surface area contributed by atoms with Gasteiger partial charge >= 0.3 is 6.03 Å². The molecule has 0 aliphatic rings. The second kappa shape index (κ2) is 11.5. The van der Waals surface area contributed by atoms with Crippen LogP contribution in [-0.2, 0) is 11.3 Å². The minimum absolute atomic E-state index is 0.171. The van der Waals surface area contributed by atoms with Crippen molar-refractivity contribution in [2.45, 2.75) is 26.8 Å². The Bertz CT molecular complexity index is 1140. The van der Waals surface area contributed by atoms with Gasteiger partial charge in [0.2, 0.25) is 5.91 Å². The Hall–Kier alpha value is -4.13. The number of hydrogen-bond donors (Lipinski definition) is 4. The van der Waals surface area contributed by atoms with Crippen molar-refractivity contribution in [1.29, 1.82) is 0 Å². The Morgan fingerprint density at radius 2 is 1.45 bits per heavy atom. The first-order valence-electron chi connectivity index (χ1n) is 10.7. The van der Waals surface area contributed by atoms with Crippen LogP contribution < -0.4 is 21.3 Å². The van der Waals surface area contributed by atoms with E-state index >= 15 is 0 Å². The van der Waals surface area contributed by atoms with Gasteiger partial charge in [-0.15, -0.1) is 0 Å². The summed E-state index contributed by atoms with van der Waals surface area (Å²) in [5.41, 5.74) is 4.73. The number of nitrogens with one attached hydrogen (secondary N) is 4. The normalized spacial score (nSPS) is 10.2. The summed E-state index contributed by atoms with van der Waals surface area (Å²) in [6.07, 6.45) is 0.175. The zero-order valence-electron chi connectivity index (χ0n) is 18.8. The Kier molecular flexibility index (Phi) is 8.18. The summed E-state index contributed by atoms with van der Waals surface area (Å²) in [5.74, 6) is -0.362. The predicted octanol–water partition coefficient (Wildman–Crippen LogP) is 4.38. The molecule has 0 spiro atoms. The highest BCUT2D eigenvalue weighted by molar-refractivity contribution is 5.99. The number of aryl methyl sites for hydroxylation is 2. The van der Waals surface area contributed by atoms with Gasteiger partial charge in [-0.3, -0.25) is 9.59 Å². The average Bonchev–Trinajstić information content (AvgIpc) is 2.78. The zero-order valence-corrected chi connectivity index (χ0v) is 18.8. The number of amides is 4. The summed E-state index contributed by atoms with van der Waals surface area (Å²) in [7, 11) is 0. The van der Waals surface area contributed by atoms with Crippen LogP contribution in [0.4, 0.5) is 16.2 Å². The minimum atomic E-state index is -0.342. The summed E-state index contributed by atoms with van der Waals surface area (Å²) in [4.78, 5) is 36.6. The molecular weight excluding hydrogens is 416 g/mol. The Morgan fingerprint density at radius 1 is 0.758 bits per heavy atom. The summed E-state index contributed by atoms with van der Waals surface area (Å²) in [5, 5.41) is 11.2. The van der Waals surface area contributed by atoms with Crippen LogP contribution in [0.25, 0.3) is 0 Å². The highest BCUT2D eigenvalue weighted by Crippen LogP contribution is 2.13. The smallest absolute Gasteiger partial charge is 0.323 e. The maximum atomic E-state index is 12.2. The maximum Gasteiger partial charge on any atom is 0.323 e. The highest BCUT2D eigenvalue weighted by Gasteiger charge is 2.09. The molecule has 4 N–H and O–H groups in total. The SMILES string of the molecule is Cc1cccc(NC(=O)Nc2cccc(CNC(=O)CCNC(=O)c3ccccc3C)c2)c1. The van der Waals surface area contributed by atoms with Crippen LogP contribution in [-0.4, -0.2) is 24.4 Å². The van der Waals surface area contributed by atoms with E-state index in [4.69, 9.17) is 0 Å². The molecule has 7 heteroatoms. The third kappa shape index (κ3) is 7.50. The Balaban J connectivity index is 1.42. The third-order valence-electron chi connectivity index (χ3n) is 4.98. The fourth-order valence-corrected chi connectivity index (χ4v) is 3.28. The topological polar surface area (TPSA) is 99.3 Å². The van der Waals surface area contributed by atoms with Crippen molar-refractivity contribution < 1.29 is 14.4 Å². The molecule has 0 aromatic heterocycles. The third-order valence-corrected chi connectivity index (χ3v) is 4.98. The molecule has 0 unspecified atom stereocenters. The molecule has 4 amide bonds. The van der Waals surface area contributed by atoms with Gasteiger partial charge in [-0.2, -0.15) is 0 Å². The summed E-state index contributed by atoms with van der Waals surface area (Å²) in [6, 6.07) is 21.8. The second-order valence-electron chi connectivity index (χ2n) is 7.75. The summed E-state index contributed by atoms with van der Waals surface area (Å²) >= 11 is 0. The van der Waals surface area contributed by atoms with E-state index < -0.39 is 0 Å². The fraction of sp³-hybridized carbons (Fsp3) is 0.192. The van der Waals surface area contributed by atoms with Crippen molar-refractivity contribution in [3.8, 4) is 0 Å². The van der Waals surface area contributed by atoms with E-state index in [1.165, 1.54) is 0 Å². The van der Waals surface area contributed by atoms with Gasteiger partial charge in [-0.25, -0.2) is 4.79 Å². The van der Waals surface area contributed by atoms with Gasteiger partial charge in [0.1, 0.15) is 0 Å². The first-order chi connectivity index (χ1) is 15.9. The molecule has 0 atom stereocenters. The van der Waals surface area contributed by atoms with E-state index in [0.29, 0.717) is 23.5 Å². The first kappa shape index (κ1) is 23.5. The van der Waals surface area contributed by atoms with Crippen LogP contribution in [0.2, 0.25) is 0 Å². The molecule has 170 valence electrons. The lowest BCUT2D eigenvalue weighted by Gasteiger charge is -2.11. The van der Waals surface area contributed by atoms with Crippen molar-refractivity contribution in [1.82, 2.24) is 10.6 Å². The minimum Gasteiger partial charge on any atom is -0.352 e. The van der Waals surface area contributed by atoms with Crippen molar-refractivity contribution in [2.24, 2.45) is 0 Å². The monoisotopic (exact) mass is 444 g/mol. The van der Waals surface area contributed by atoms with Gasteiger partial charge in [0.15, 0.2) is 0 Å². The summed E-state index contributed by atoms with van der Waals surface area (Å²) < 4.78 is 0. The molecule has 3 aromatic rings. The van der Waals surface area contributed by atoms with E-state index in [9.17, 15) is 14.4 Å². The molecule has 33 heavy (non-hydrogen) atoms. The van der Waals surface area contributed by atoms with E-state index in [-0.39, 0.29) is 30.8 Å². The second-order valence-corrected chi connectivity index (χ2v) is 7.75. The van der Waals surface area contributed by atoms with Crippen molar-refractivity contribution in [2.75, 3.05) is 17.2 Å². The molecule has 0 bridgehead atoms. The molecule has 0 saturated carbocycles. The molecule has 3 rings (SSSR count). The first-order valence-corrected chi connectivity index (χ1v) is 10.7. The molecule has 0 saturated heterocycles. The van der Waals surface area contributed by atoms with Crippen LogP contribution in [0.5, 0.6) is 0 Å². The number of anilines is 2. The predicted molar refractivity (Wildman–Crippen MR) is 130 cm³/mol. The van der Waals surface area contributed by atoms with Crippen molar-refractivity contribution in [3.63, 3.8) is 0 Å². The van der Waals surface area contributed by atoms with Gasteiger partial charge in [0, 0.05) is 36.4 Å². The quantitative estimate of drug-likeness (QED) is 0.415. The summed E-state index contributed by atoms with van der Waals surface area (Å²) in [6.45, 7) is 4.40. The van der Waals surface area contributed by atoms with Gasteiger partial charge in [0.25, 0.3) is 5.91 Å². The molecule has 7 nitrogen and oxygen atoms in total. The molecule has 3 aromatic carbocycles. The lowest BCUT2D eigenvalue weighted by Crippen LogP contribution is -2.30. The average molecular weight is 445 g/mol. The molecule has 0 radical (unpaired) electrons. The maximum absolute atomic E-state index is 12.2. The molecule has 0 heterocycles. The van der Waals surface area contributed by atoms with Gasteiger partial charge < -0.3 is 21.3 Å². The standard InChI is InChI=1S/C26H28N4O3/c1-18-7-5-10-21(15-18)29-26(33)30-22-11-6-9-20(16-22)17-28-24(31)13-14-27-25(32)23-12-4-3-8-19(23)2/h3-12,15-16H,13-14,17H2,1-2H3,(H,27,32)(H,28,31)(H2,29,30,33). The van der Waals surface area contributed by atoms with Crippen LogP contribution in [0, 0.1) is 13.8 Å². The van der Waals surface area contributed by atoms with Crippen LogP contribution >= 0.6 is 0 Å². The Morgan fingerprint density at radius 3 is 2.18 bits per heavy atom. The van der Waals surface area contributed by atoms with Crippen molar-refractivity contribution in [3.05, 3.63) is 95.1 Å². The van der Waals surface area contributed by atoms with Crippen LogP contribution in [0.15, 0.2) is 72.8 Å². The van der Waals surface area contributed by atoms with Gasteiger partial charge in [0.05, 0.1) is 0 Å². The zero-order chi connectivity index (χ0) is 23.6. The van der Waals surface area contributed by atoms with E-state index in [1.54, 1.807) is 18.2 Å². The largest absolute Gasteiger partial charge is 0.352 e. The van der Waals surface area contributed by atoms with Gasteiger partial charge in [-0.1, -0.05) is 42.5 Å². The van der Waals surface area contributed by atoms with Gasteiger partial charge in [-0.05, 0) is 60.9 Å². The lowest BCUT2D eigenvalue weighted by molar-refractivity contribution is -0.121. The van der Waals surface area contributed by atoms with Crippen LogP contribution in [0.1, 0.15) is 33.5 Å². The van der Waals surface area contributed by atoms with Crippen LogP contribution in [0.3, 0.4) is 0 Å². The number of urea groups is 1.